The van der Waals surface area contributed by atoms with Crippen molar-refractivity contribution in [1.82, 2.24) is 0 Å². The van der Waals surface area contributed by atoms with E-state index in [1.54, 1.807) is 0 Å². The summed E-state index contributed by atoms with van der Waals surface area (Å²) in [6, 6.07) is 0. The lowest BCUT2D eigenvalue weighted by atomic mass is 10.6. The molecular formula is C8H20O2Si. The number of hydrogen-bond donors (Lipinski definition) is 0. The van der Waals surface area contributed by atoms with Gasteiger partial charge in [-0.1, -0.05) is 13.1 Å². The summed E-state index contributed by atoms with van der Waals surface area (Å²) in [6.07, 6.45) is 1.17. The fourth-order valence-electron chi connectivity index (χ4n) is 0.192. The number of hydrogen-bond acceptors (Lipinski definition) is 2. The highest BCUT2D eigenvalue weighted by molar-refractivity contribution is 6.31. The molecule has 2 saturated heterocycles. The van der Waals surface area contributed by atoms with Crippen LogP contribution in [0.2, 0.25) is 13.1 Å². The number of ether oxygens (including phenoxy) is 2. The Morgan fingerprint density at radius 3 is 1.09 bits per heavy atom. The monoisotopic (exact) mass is 176 g/mol. The smallest absolute Gasteiger partial charge is 0.0781 e. The van der Waals surface area contributed by atoms with Gasteiger partial charge < -0.3 is 9.47 Å². The first kappa shape index (κ1) is 11.1. The standard InChI is InChI=1S/2C3H6O.C2H8Si/c2*1-3-2-4-3;1-3-2/h2*3H,2H2,1H3;3H2,1-2H3. The molecule has 3 heteroatoms. The van der Waals surface area contributed by atoms with Gasteiger partial charge in [0.05, 0.1) is 25.4 Å². The van der Waals surface area contributed by atoms with Crippen LogP contribution in [-0.4, -0.2) is 34.9 Å². The maximum Gasteiger partial charge on any atom is 0.0781 e. The fraction of sp³-hybridized carbons (Fsp3) is 1.00. The second kappa shape index (κ2) is 6.82. The van der Waals surface area contributed by atoms with E-state index >= 15 is 0 Å². The molecule has 0 aromatic carbocycles. The van der Waals surface area contributed by atoms with Gasteiger partial charge in [0, 0.05) is 9.52 Å². The quantitative estimate of drug-likeness (QED) is 0.407. The molecule has 0 bridgehead atoms. The summed E-state index contributed by atoms with van der Waals surface area (Å²) in [4.78, 5) is 0. The normalized spacial score (nSPS) is 30.5. The van der Waals surface area contributed by atoms with Crippen LogP contribution >= 0.6 is 0 Å². The molecule has 2 atom stereocenters. The Morgan fingerprint density at radius 2 is 1.09 bits per heavy atom. The molecule has 2 unspecified atom stereocenters. The largest absolute Gasteiger partial charge is 0.373 e. The first-order chi connectivity index (χ1) is 5.20. The average molecular weight is 176 g/mol. The molecule has 0 aromatic heterocycles. The fourth-order valence-corrected chi connectivity index (χ4v) is 0.192. The van der Waals surface area contributed by atoms with Crippen molar-refractivity contribution in [1.29, 1.82) is 0 Å². The van der Waals surface area contributed by atoms with E-state index in [9.17, 15) is 0 Å². The van der Waals surface area contributed by atoms with Crippen LogP contribution in [0.1, 0.15) is 13.8 Å². The first-order valence-corrected chi connectivity index (χ1v) is 7.26. The third-order valence-electron chi connectivity index (χ3n) is 1.00. The maximum absolute atomic E-state index is 4.71. The van der Waals surface area contributed by atoms with Gasteiger partial charge in [-0.25, -0.2) is 0 Å². The molecule has 0 spiro atoms. The predicted molar refractivity (Wildman–Crippen MR) is 51.1 cm³/mol. The lowest BCUT2D eigenvalue weighted by molar-refractivity contribution is 0.423. The van der Waals surface area contributed by atoms with E-state index in [0.29, 0.717) is 21.7 Å². The van der Waals surface area contributed by atoms with Crippen LogP contribution in [0, 0.1) is 0 Å². The summed E-state index contributed by atoms with van der Waals surface area (Å²) in [5.41, 5.74) is 0. The number of rotatable bonds is 0. The highest BCUT2D eigenvalue weighted by atomic mass is 28.2. The Morgan fingerprint density at radius 1 is 1.00 bits per heavy atom. The zero-order valence-electron chi connectivity index (χ0n) is 8.09. The molecule has 0 aliphatic carbocycles. The Kier molecular flexibility index (Phi) is 6.91. The van der Waals surface area contributed by atoms with Gasteiger partial charge in [-0.05, 0) is 13.8 Å². The summed E-state index contributed by atoms with van der Waals surface area (Å²) >= 11 is 0. The first-order valence-electron chi connectivity index (χ1n) is 4.43. The van der Waals surface area contributed by atoms with Crippen LogP contribution in [0.25, 0.3) is 0 Å². The van der Waals surface area contributed by atoms with Crippen LogP contribution in [0.5, 0.6) is 0 Å². The van der Waals surface area contributed by atoms with Gasteiger partial charge in [0.25, 0.3) is 0 Å². The molecule has 0 saturated carbocycles. The van der Waals surface area contributed by atoms with Crippen molar-refractivity contribution in [2.24, 2.45) is 0 Å². The van der Waals surface area contributed by atoms with Crippen LogP contribution in [0.4, 0.5) is 0 Å². The van der Waals surface area contributed by atoms with Crippen molar-refractivity contribution in [3.8, 4) is 0 Å². The van der Waals surface area contributed by atoms with E-state index in [-0.39, 0.29) is 0 Å². The minimum atomic E-state index is 0.417. The summed E-state index contributed by atoms with van der Waals surface area (Å²) < 4.78 is 9.42. The van der Waals surface area contributed by atoms with E-state index in [1.165, 1.54) is 0 Å². The van der Waals surface area contributed by atoms with Crippen LogP contribution in [0.15, 0.2) is 0 Å². The summed E-state index contributed by atoms with van der Waals surface area (Å²) in [5, 5.41) is 0. The lowest BCUT2D eigenvalue weighted by Crippen LogP contribution is -1.60. The summed E-state index contributed by atoms with van der Waals surface area (Å²) in [7, 11) is 0.417. The zero-order chi connectivity index (χ0) is 8.69. The number of epoxide rings is 2. The molecule has 0 amide bonds. The van der Waals surface area contributed by atoms with E-state index in [0.717, 1.165) is 13.2 Å². The van der Waals surface area contributed by atoms with Gasteiger partial charge in [0.1, 0.15) is 0 Å². The SMILES string of the molecule is CC1CO1.CC1CO1.C[SiH2]C. The van der Waals surface area contributed by atoms with Gasteiger partial charge in [-0.3, -0.25) is 0 Å². The van der Waals surface area contributed by atoms with Crippen LogP contribution in [0.3, 0.4) is 0 Å². The van der Waals surface area contributed by atoms with Gasteiger partial charge in [-0.2, -0.15) is 0 Å². The second-order valence-electron chi connectivity index (χ2n) is 3.00. The van der Waals surface area contributed by atoms with E-state index < -0.39 is 0 Å². The summed E-state index contributed by atoms with van der Waals surface area (Å²) in [6.45, 7) is 10.6. The van der Waals surface area contributed by atoms with Crippen molar-refractivity contribution >= 4 is 9.52 Å². The summed E-state index contributed by atoms with van der Waals surface area (Å²) in [5.74, 6) is 0. The topological polar surface area (TPSA) is 25.1 Å². The molecule has 68 valence electrons. The average Bonchev–Trinajstić information content (AvgIpc) is 2.76. The van der Waals surface area contributed by atoms with Crippen LogP contribution in [-0.2, 0) is 9.47 Å². The Labute approximate surface area is 72.1 Å². The molecule has 2 nitrogen and oxygen atoms in total. The third kappa shape index (κ3) is 17.8. The molecular weight excluding hydrogens is 156 g/mol. The van der Waals surface area contributed by atoms with Gasteiger partial charge in [-0.15, -0.1) is 0 Å². The van der Waals surface area contributed by atoms with Crippen molar-refractivity contribution in [3.05, 3.63) is 0 Å². The van der Waals surface area contributed by atoms with Crippen molar-refractivity contribution in [2.45, 2.75) is 39.1 Å². The van der Waals surface area contributed by atoms with Gasteiger partial charge >= 0.3 is 0 Å². The van der Waals surface area contributed by atoms with E-state index in [4.69, 9.17) is 9.47 Å². The van der Waals surface area contributed by atoms with E-state index in [2.05, 4.69) is 26.9 Å². The second-order valence-corrected chi connectivity index (χ2v) is 4.41. The molecule has 2 heterocycles. The molecule has 2 aliphatic rings. The predicted octanol–water partition coefficient (Wildman–Crippen LogP) is 1.06. The molecule has 2 rings (SSSR count). The zero-order valence-corrected chi connectivity index (χ0v) is 9.51. The van der Waals surface area contributed by atoms with E-state index in [1.807, 2.05) is 0 Å². The highest BCUT2D eigenvalue weighted by Gasteiger charge is 2.13. The lowest BCUT2D eigenvalue weighted by Gasteiger charge is -1.51. The molecule has 11 heavy (non-hydrogen) atoms. The Balaban J connectivity index is 0.000000139. The van der Waals surface area contributed by atoms with Crippen molar-refractivity contribution < 1.29 is 9.47 Å². The van der Waals surface area contributed by atoms with Crippen molar-refractivity contribution in [3.63, 3.8) is 0 Å². The molecule has 0 radical (unpaired) electrons. The third-order valence-corrected chi connectivity index (χ3v) is 1.00. The highest BCUT2D eigenvalue weighted by Crippen LogP contribution is 2.04. The minimum Gasteiger partial charge on any atom is -0.373 e. The maximum atomic E-state index is 4.71. The molecule has 2 fully saturated rings. The molecule has 0 aromatic rings. The molecule has 2 aliphatic heterocycles. The molecule has 0 N–H and O–H groups in total. The van der Waals surface area contributed by atoms with Crippen molar-refractivity contribution in [2.75, 3.05) is 13.2 Å². The van der Waals surface area contributed by atoms with Gasteiger partial charge in [0.15, 0.2) is 0 Å². The Hall–Kier alpha value is 0.137. The van der Waals surface area contributed by atoms with Gasteiger partial charge in [0.2, 0.25) is 0 Å². The minimum absolute atomic E-state index is 0.417. The Bertz CT molecular complexity index is 70.2. The van der Waals surface area contributed by atoms with Crippen LogP contribution < -0.4 is 0 Å².